The first kappa shape index (κ1) is 27.8. The molecule has 11 heteroatoms. The van der Waals surface area contributed by atoms with Gasteiger partial charge in [0.2, 0.25) is 5.91 Å². The number of esters is 1. The summed E-state index contributed by atoms with van der Waals surface area (Å²) < 4.78 is 24.7. The Kier molecular flexibility index (Phi) is 8.76. The number of nitrogens with one attached hydrogen (secondary N) is 2. The fourth-order valence-corrected chi connectivity index (χ4v) is 4.87. The van der Waals surface area contributed by atoms with Crippen molar-refractivity contribution in [3.8, 4) is 5.75 Å². The fourth-order valence-electron chi connectivity index (χ4n) is 4.69. The zero-order chi connectivity index (χ0) is 28.1. The van der Waals surface area contributed by atoms with Crippen molar-refractivity contribution in [1.82, 2.24) is 14.9 Å². The van der Waals surface area contributed by atoms with Gasteiger partial charge in [-0.1, -0.05) is 24.1 Å². The molecule has 1 unspecified atom stereocenters. The van der Waals surface area contributed by atoms with Crippen LogP contribution in [-0.4, -0.2) is 59.6 Å². The number of carbonyl (C=O) groups excluding carboxylic acids is 2. The number of fused-ring (bicyclic) bond motifs is 1. The Labute approximate surface area is 236 Å². The smallest absolute Gasteiger partial charge is 0.323 e. The number of amides is 1. The SMILES string of the molecule is COC(=O)C1CCCCN1C/C=C/C(=O)Nc1cc2c(Nc3ccc(F)c(Cl)c3)ncnc2cc1OCC1CC1. The van der Waals surface area contributed by atoms with Gasteiger partial charge in [-0.15, -0.1) is 0 Å². The molecule has 2 heterocycles. The second-order valence-electron chi connectivity index (χ2n) is 10.0. The molecule has 2 aromatic carbocycles. The Morgan fingerprint density at radius 2 is 2.02 bits per heavy atom. The number of anilines is 3. The van der Waals surface area contributed by atoms with Crippen LogP contribution in [0.1, 0.15) is 32.1 Å². The number of nitrogens with zero attached hydrogens (tertiary/aromatic N) is 3. The second kappa shape index (κ2) is 12.6. The maximum Gasteiger partial charge on any atom is 0.323 e. The van der Waals surface area contributed by atoms with Crippen molar-refractivity contribution < 1.29 is 23.5 Å². The van der Waals surface area contributed by atoms with E-state index in [2.05, 4.69) is 20.6 Å². The van der Waals surface area contributed by atoms with Crippen LogP contribution < -0.4 is 15.4 Å². The second-order valence-corrected chi connectivity index (χ2v) is 10.4. The zero-order valence-corrected chi connectivity index (χ0v) is 22.9. The summed E-state index contributed by atoms with van der Waals surface area (Å²) in [7, 11) is 1.39. The monoisotopic (exact) mass is 567 g/mol. The predicted molar refractivity (Wildman–Crippen MR) is 151 cm³/mol. The molecule has 1 saturated carbocycles. The molecule has 9 nitrogen and oxygen atoms in total. The van der Waals surface area contributed by atoms with Crippen LogP contribution in [-0.2, 0) is 14.3 Å². The molecular weight excluding hydrogens is 537 g/mol. The Balaban J connectivity index is 1.36. The van der Waals surface area contributed by atoms with Crippen molar-refractivity contribution in [2.45, 2.75) is 38.1 Å². The van der Waals surface area contributed by atoms with Crippen molar-refractivity contribution in [2.75, 3.05) is 37.4 Å². The summed E-state index contributed by atoms with van der Waals surface area (Å²) >= 11 is 5.94. The molecule has 5 rings (SSSR count). The van der Waals surface area contributed by atoms with E-state index in [9.17, 15) is 14.0 Å². The molecule has 1 atom stereocenters. The molecule has 2 N–H and O–H groups in total. The molecule has 0 bridgehead atoms. The van der Waals surface area contributed by atoms with Crippen molar-refractivity contribution in [1.29, 1.82) is 0 Å². The van der Waals surface area contributed by atoms with Crippen LogP contribution in [0.2, 0.25) is 5.02 Å². The Morgan fingerprint density at radius 1 is 1.18 bits per heavy atom. The number of methoxy groups -OCH3 is 1. The third kappa shape index (κ3) is 6.86. The van der Waals surface area contributed by atoms with Crippen molar-refractivity contribution in [2.24, 2.45) is 5.92 Å². The van der Waals surface area contributed by atoms with Gasteiger partial charge in [0, 0.05) is 29.8 Å². The number of aromatic nitrogens is 2. The highest BCUT2D eigenvalue weighted by molar-refractivity contribution is 6.31. The minimum Gasteiger partial charge on any atom is -0.491 e. The molecular formula is C29H31ClFN5O4. The van der Waals surface area contributed by atoms with Crippen LogP contribution in [0.5, 0.6) is 5.75 Å². The molecule has 2 aliphatic rings. The van der Waals surface area contributed by atoms with E-state index in [1.165, 1.54) is 31.6 Å². The lowest BCUT2D eigenvalue weighted by molar-refractivity contribution is -0.148. The molecule has 2 fully saturated rings. The average molecular weight is 568 g/mol. The minimum absolute atomic E-state index is 0.0127. The van der Waals surface area contributed by atoms with Gasteiger partial charge in [0.05, 0.1) is 29.9 Å². The van der Waals surface area contributed by atoms with Gasteiger partial charge in [0.1, 0.15) is 29.8 Å². The van der Waals surface area contributed by atoms with E-state index in [1.807, 2.05) is 4.90 Å². The quantitative estimate of drug-likeness (QED) is 0.245. The standard InChI is InChI=1S/C29H31ClFN5O4/c1-39-29(38)25-5-2-3-11-36(25)12-4-6-27(37)35-24-14-20-23(15-26(24)40-16-18-7-8-18)32-17-33-28(20)34-19-9-10-22(31)21(30)13-19/h4,6,9-10,13-15,17-18,25H,2-3,5,7-8,11-12,16H2,1H3,(H,35,37)(H,32,33,34)/b6-4+. The molecule has 0 radical (unpaired) electrons. The summed E-state index contributed by atoms with van der Waals surface area (Å²) in [5.41, 5.74) is 1.64. The van der Waals surface area contributed by atoms with Gasteiger partial charge in [-0.05, 0) is 62.4 Å². The molecule has 1 saturated heterocycles. The first-order chi connectivity index (χ1) is 19.4. The molecule has 40 heavy (non-hydrogen) atoms. The zero-order valence-electron chi connectivity index (χ0n) is 22.2. The molecule has 1 aliphatic heterocycles. The maximum atomic E-state index is 13.6. The lowest BCUT2D eigenvalue weighted by Crippen LogP contribution is -2.45. The van der Waals surface area contributed by atoms with Gasteiger partial charge in [-0.25, -0.2) is 14.4 Å². The van der Waals surface area contributed by atoms with Crippen LogP contribution in [0.4, 0.5) is 21.6 Å². The van der Waals surface area contributed by atoms with E-state index in [4.69, 9.17) is 21.1 Å². The number of likely N-dealkylation sites (tertiary alicyclic amines) is 1. The average Bonchev–Trinajstić information content (AvgIpc) is 3.79. The van der Waals surface area contributed by atoms with Crippen LogP contribution in [0.25, 0.3) is 10.9 Å². The Hall–Kier alpha value is -3.76. The van der Waals surface area contributed by atoms with E-state index in [0.717, 1.165) is 38.6 Å². The van der Waals surface area contributed by atoms with E-state index in [0.29, 0.717) is 52.9 Å². The highest BCUT2D eigenvalue weighted by Crippen LogP contribution is 2.36. The first-order valence-corrected chi connectivity index (χ1v) is 13.7. The summed E-state index contributed by atoms with van der Waals surface area (Å²) in [5.74, 6) is 0.386. The topological polar surface area (TPSA) is 106 Å². The first-order valence-electron chi connectivity index (χ1n) is 13.3. The van der Waals surface area contributed by atoms with Crippen LogP contribution in [0, 0.1) is 11.7 Å². The van der Waals surface area contributed by atoms with Crippen LogP contribution in [0.3, 0.4) is 0 Å². The van der Waals surface area contributed by atoms with E-state index < -0.39 is 5.82 Å². The van der Waals surface area contributed by atoms with Crippen LogP contribution in [0.15, 0.2) is 48.8 Å². The molecule has 210 valence electrons. The normalized spacial score (nSPS) is 17.6. The highest BCUT2D eigenvalue weighted by atomic mass is 35.5. The number of carbonyl (C=O) groups is 2. The summed E-state index contributed by atoms with van der Waals surface area (Å²) in [6.07, 6.45) is 9.58. The Morgan fingerprint density at radius 3 is 2.80 bits per heavy atom. The lowest BCUT2D eigenvalue weighted by atomic mass is 10.0. The Bertz CT molecular complexity index is 1430. The number of benzene rings is 2. The number of ether oxygens (including phenoxy) is 2. The van der Waals surface area contributed by atoms with Crippen molar-refractivity contribution in [3.05, 3.63) is 59.7 Å². The summed E-state index contributed by atoms with van der Waals surface area (Å²) in [4.78, 5) is 35.8. The van der Waals surface area contributed by atoms with Gasteiger partial charge < -0.3 is 20.1 Å². The molecule has 0 spiro atoms. The summed E-state index contributed by atoms with van der Waals surface area (Å²) in [6.45, 7) is 1.78. The van der Waals surface area contributed by atoms with Crippen molar-refractivity contribution in [3.63, 3.8) is 0 Å². The van der Waals surface area contributed by atoms with Crippen molar-refractivity contribution >= 4 is 51.6 Å². The number of rotatable bonds is 10. The predicted octanol–water partition coefficient (Wildman–Crippen LogP) is 5.48. The molecule has 1 amide bonds. The fraction of sp³-hybridized carbons (Fsp3) is 0.379. The third-order valence-electron chi connectivity index (χ3n) is 7.04. The maximum absolute atomic E-state index is 13.6. The van der Waals surface area contributed by atoms with E-state index in [-0.39, 0.29) is 22.9 Å². The summed E-state index contributed by atoms with van der Waals surface area (Å²) in [6, 6.07) is 7.54. The van der Waals surface area contributed by atoms with Gasteiger partial charge in [-0.2, -0.15) is 0 Å². The highest BCUT2D eigenvalue weighted by Gasteiger charge is 2.28. The number of hydrogen-bond acceptors (Lipinski definition) is 8. The third-order valence-corrected chi connectivity index (χ3v) is 7.33. The molecule has 3 aromatic rings. The van der Waals surface area contributed by atoms with E-state index >= 15 is 0 Å². The van der Waals surface area contributed by atoms with Gasteiger partial charge in [0.25, 0.3) is 0 Å². The minimum atomic E-state index is -0.517. The van der Waals surface area contributed by atoms with Gasteiger partial charge >= 0.3 is 5.97 Å². The van der Waals surface area contributed by atoms with Crippen LogP contribution >= 0.6 is 11.6 Å². The largest absolute Gasteiger partial charge is 0.491 e. The molecule has 1 aromatic heterocycles. The summed E-state index contributed by atoms with van der Waals surface area (Å²) in [5, 5.41) is 6.70. The van der Waals surface area contributed by atoms with Gasteiger partial charge in [0.15, 0.2) is 0 Å². The number of hydrogen-bond donors (Lipinski definition) is 2. The van der Waals surface area contributed by atoms with E-state index in [1.54, 1.807) is 24.3 Å². The molecule has 1 aliphatic carbocycles. The lowest BCUT2D eigenvalue weighted by Gasteiger charge is -2.32. The number of halogens is 2. The number of piperidine rings is 1. The van der Waals surface area contributed by atoms with Gasteiger partial charge in [-0.3, -0.25) is 14.5 Å².